The number of anilines is 1. The van der Waals surface area contributed by atoms with Crippen LogP contribution in [0.3, 0.4) is 0 Å². The van der Waals surface area contributed by atoms with E-state index in [-0.39, 0.29) is 6.61 Å². The summed E-state index contributed by atoms with van der Waals surface area (Å²) in [5.74, 6) is 0.731. The standard InChI is InChI=1S/C19H23NO2/c1-14-5-9-17(10-6-14)20-16(3)19(4,21)13-22-18-11-7-15(2)8-12-18/h5-12,20-21H,3,13H2,1-2,4H3/t19-/m0/s1. The number of hydrogen-bond acceptors (Lipinski definition) is 3. The van der Waals surface area contributed by atoms with Crippen molar-refractivity contribution >= 4 is 5.69 Å². The molecular weight excluding hydrogens is 274 g/mol. The van der Waals surface area contributed by atoms with E-state index >= 15 is 0 Å². The summed E-state index contributed by atoms with van der Waals surface area (Å²) < 4.78 is 5.65. The molecule has 2 N–H and O–H groups in total. The third kappa shape index (κ3) is 4.37. The van der Waals surface area contributed by atoms with Crippen LogP contribution in [-0.2, 0) is 0 Å². The summed E-state index contributed by atoms with van der Waals surface area (Å²) >= 11 is 0. The van der Waals surface area contributed by atoms with Gasteiger partial charge in [0.05, 0.1) is 0 Å². The Morgan fingerprint density at radius 2 is 1.55 bits per heavy atom. The van der Waals surface area contributed by atoms with E-state index < -0.39 is 5.60 Å². The van der Waals surface area contributed by atoms with Crippen molar-refractivity contribution in [2.45, 2.75) is 26.4 Å². The molecular formula is C19H23NO2. The van der Waals surface area contributed by atoms with E-state index in [2.05, 4.69) is 11.9 Å². The molecule has 0 aromatic heterocycles. The van der Waals surface area contributed by atoms with Crippen molar-refractivity contribution in [3.05, 3.63) is 71.9 Å². The van der Waals surface area contributed by atoms with Crippen LogP contribution in [-0.4, -0.2) is 17.3 Å². The number of nitrogens with one attached hydrogen (secondary N) is 1. The van der Waals surface area contributed by atoms with Crippen LogP contribution < -0.4 is 10.1 Å². The second-order valence-corrected chi connectivity index (χ2v) is 5.85. The normalized spacial score (nSPS) is 13.3. The maximum atomic E-state index is 10.5. The Bertz CT molecular complexity index is 627. The number of aliphatic hydroxyl groups is 1. The molecule has 0 fully saturated rings. The quantitative estimate of drug-likeness (QED) is 0.845. The van der Waals surface area contributed by atoms with E-state index in [0.29, 0.717) is 5.70 Å². The van der Waals surface area contributed by atoms with E-state index in [1.807, 2.05) is 62.4 Å². The van der Waals surface area contributed by atoms with Gasteiger partial charge in [-0.05, 0) is 45.0 Å². The Morgan fingerprint density at radius 3 is 2.09 bits per heavy atom. The Labute approximate surface area is 132 Å². The highest BCUT2D eigenvalue weighted by Crippen LogP contribution is 2.21. The third-order valence-electron chi connectivity index (χ3n) is 3.54. The summed E-state index contributed by atoms with van der Waals surface area (Å²) in [6, 6.07) is 15.7. The molecule has 0 aliphatic carbocycles. The van der Waals surface area contributed by atoms with Gasteiger partial charge in [-0.25, -0.2) is 0 Å². The Morgan fingerprint density at radius 1 is 1.05 bits per heavy atom. The van der Waals surface area contributed by atoms with Gasteiger partial charge in [-0.3, -0.25) is 0 Å². The second-order valence-electron chi connectivity index (χ2n) is 5.85. The van der Waals surface area contributed by atoms with Gasteiger partial charge in [-0.1, -0.05) is 42.0 Å². The van der Waals surface area contributed by atoms with Crippen molar-refractivity contribution in [1.82, 2.24) is 0 Å². The molecule has 0 bridgehead atoms. The van der Waals surface area contributed by atoms with Crippen LogP contribution in [0.25, 0.3) is 0 Å². The first kappa shape index (κ1) is 16.1. The molecule has 2 rings (SSSR count). The lowest BCUT2D eigenvalue weighted by Gasteiger charge is -2.27. The smallest absolute Gasteiger partial charge is 0.135 e. The highest BCUT2D eigenvalue weighted by molar-refractivity contribution is 5.50. The largest absolute Gasteiger partial charge is 0.490 e. The molecule has 0 amide bonds. The molecule has 0 aliphatic rings. The number of ether oxygens (including phenoxy) is 1. The molecule has 116 valence electrons. The molecule has 0 heterocycles. The number of benzene rings is 2. The first-order chi connectivity index (χ1) is 10.4. The van der Waals surface area contributed by atoms with E-state index in [4.69, 9.17) is 4.74 Å². The molecule has 0 saturated carbocycles. The fraction of sp³-hybridized carbons (Fsp3) is 0.263. The summed E-state index contributed by atoms with van der Waals surface area (Å²) in [5, 5.41) is 13.7. The lowest BCUT2D eigenvalue weighted by molar-refractivity contribution is 0.0453. The predicted octanol–water partition coefficient (Wildman–Crippen LogP) is 4.06. The van der Waals surface area contributed by atoms with Crippen LogP contribution in [0.4, 0.5) is 5.69 Å². The molecule has 0 spiro atoms. The molecule has 3 heteroatoms. The van der Waals surface area contributed by atoms with Gasteiger partial charge in [0.2, 0.25) is 0 Å². The maximum Gasteiger partial charge on any atom is 0.135 e. The highest BCUT2D eigenvalue weighted by atomic mass is 16.5. The summed E-state index contributed by atoms with van der Waals surface area (Å²) in [5.41, 5.74) is 2.58. The van der Waals surface area contributed by atoms with Crippen molar-refractivity contribution in [2.24, 2.45) is 0 Å². The number of hydrogen-bond donors (Lipinski definition) is 2. The summed E-state index contributed by atoms with van der Waals surface area (Å²) in [7, 11) is 0. The zero-order chi connectivity index (χ0) is 16.2. The van der Waals surface area contributed by atoms with Gasteiger partial charge in [0.1, 0.15) is 18.0 Å². The lowest BCUT2D eigenvalue weighted by Crippen LogP contribution is -2.37. The molecule has 0 aliphatic heterocycles. The summed E-state index contributed by atoms with van der Waals surface area (Å²) in [4.78, 5) is 0. The molecule has 3 nitrogen and oxygen atoms in total. The molecule has 22 heavy (non-hydrogen) atoms. The fourth-order valence-corrected chi connectivity index (χ4v) is 1.89. The average molecular weight is 297 g/mol. The Hall–Kier alpha value is -2.26. The molecule has 2 aromatic carbocycles. The van der Waals surface area contributed by atoms with Gasteiger partial charge in [-0.15, -0.1) is 0 Å². The fourth-order valence-electron chi connectivity index (χ4n) is 1.89. The van der Waals surface area contributed by atoms with Crippen molar-refractivity contribution in [2.75, 3.05) is 11.9 Å². The minimum absolute atomic E-state index is 0.133. The summed E-state index contributed by atoms with van der Waals surface area (Å²) in [6.07, 6.45) is 0. The monoisotopic (exact) mass is 297 g/mol. The minimum Gasteiger partial charge on any atom is -0.490 e. The van der Waals surface area contributed by atoms with Gasteiger partial charge < -0.3 is 15.2 Å². The maximum absolute atomic E-state index is 10.5. The van der Waals surface area contributed by atoms with E-state index in [1.54, 1.807) is 6.92 Å². The third-order valence-corrected chi connectivity index (χ3v) is 3.54. The predicted molar refractivity (Wildman–Crippen MR) is 91.2 cm³/mol. The topological polar surface area (TPSA) is 41.5 Å². The molecule has 0 radical (unpaired) electrons. The van der Waals surface area contributed by atoms with Crippen LogP contribution >= 0.6 is 0 Å². The molecule has 1 atom stereocenters. The van der Waals surface area contributed by atoms with Crippen molar-refractivity contribution in [3.8, 4) is 5.75 Å². The average Bonchev–Trinajstić information content (AvgIpc) is 2.49. The number of rotatable bonds is 6. The highest BCUT2D eigenvalue weighted by Gasteiger charge is 2.25. The lowest BCUT2D eigenvalue weighted by atomic mass is 10.0. The van der Waals surface area contributed by atoms with Gasteiger partial charge in [0, 0.05) is 11.4 Å². The first-order valence-corrected chi connectivity index (χ1v) is 7.32. The molecule has 2 aromatic rings. The van der Waals surface area contributed by atoms with Crippen LogP contribution in [0.15, 0.2) is 60.8 Å². The van der Waals surface area contributed by atoms with Crippen LogP contribution in [0, 0.1) is 13.8 Å². The van der Waals surface area contributed by atoms with Crippen molar-refractivity contribution in [1.29, 1.82) is 0 Å². The van der Waals surface area contributed by atoms with Gasteiger partial charge in [0.25, 0.3) is 0 Å². The van der Waals surface area contributed by atoms with Crippen molar-refractivity contribution < 1.29 is 9.84 Å². The number of aryl methyl sites for hydroxylation is 2. The molecule has 0 saturated heterocycles. The Balaban J connectivity index is 1.95. The second kappa shape index (κ2) is 6.67. The van der Waals surface area contributed by atoms with Crippen molar-refractivity contribution in [3.63, 3.8) is 0 Å². The van der Waals surface area contributed by atoms with Gasteiger partial charge >= 0.3 is 0 Å². The van der Waals surface area contributed by atoms with E-state index in [0.717, 1.165) is 11.4 Å². The first-order valence-electron chi connectivity index (χ1n) is 7.32. The zero-order valence-corrected chi connectivity index (χ0v) is 13.4. The van der Waals surface area contributed by atoms with Crippen LogP contribution in [0.5, 0.6) is 5.75 Å². The Kier molecular flexibility index (Phi) is 4.88. The van der Waals surface area contributed by atoms with Crippen LogP contribution in [0.1, 0.15) is 18.1 Å². The summed E-state index contributed by atoms with van der Waals surface area (Å²) in [6.45, 7) is 9.80. The molecule has 0 unspecified atom stereocenters. The minimum atomic E-state index is -1.17. The van der Waals surface area contributed by atoms with E-state index in [1.165, 1.54) is 11.1 Å². The van der Waals surface area contributed by atoms with Gasteiger partial charge in [0.15, 0.2) is 0 Å². The SMILES string of the molecule is C=C(Nc1ccc(C)cc1)[C@@](C)(O)COc1ccc(C)cc1. The van der Waals surface area contributed by atoms with E-state index in [9.17, 15) is 5.11 Å². The van der Waals surface area contributed by atoms with Crippen LogP contribution in [0.2, 0.25) is 0 Å². The zero-order valence-electron chi connectivity index (χ0n) is 13.4. The van der Waals surface area contributed by atoms with Gasteiger partial charge in [-0.2, -0.15) is 0 Å².